The second-order valence-corrected chi connectivity index (χ2v) is 7.16. The molecule has 0 saturated heterocycles. The number of amides is 4. The van der Waals surface area contributed by atoms with E-state index in [9.17, 15) is 19.2 Å². The van der Waals surface area contributed by atoms with Gasteiger partial charge in [-0.1, -0.05) is 30.3 Å². The molecular formula is C25H24N4O5. The van der Waals surface area contributed by atoms with Crippen LogP contribution in [0, 0.1) is 0 Å². The highest BCUT2D eigenvalue weighted by atomic mass is 16.5. The lowest BCUT2D eigenvalue weighted by Crippen LogP contribution is -2.42. The summed E-state index contributed by atoms with van der Waals surface area (Å²) in [6.07, 6.45) is 0. The van der Waals surface area contributed by atoms with Crippen LogP contribution in [0.25, 0.3) is 0 Å². The summed E-state index contributed by atoms with van der Waals surface area (Å²) in [5, 5.41) is 10.1. The molecule has 0 radical (unpaired) electrons. The van der Waals surface area contributed by atoms with Gasteiger partial charge in [-0.05, 0) is 54.1 Å². The number of hydrogen-bond acceptors (Lipinski definition) is 5. The fraction of sp³-hybridized carbons (Fsp3) is 0.120. The molecule has 0 unspecified atom stereocenters. The molecule has 0 aliphatic carbocycles. The molecule has 0 atom stereocenters. The van der Waals surface area contributed by atoms with Crippen molar-refractivity contribution in [3.63, 3.8) is 0 Å². The molecular weight excluding hydrogens is 436 g/mol. The van der Waals surface area contributed by atoms with Crippen molar-refractivity contribution in [1.82, 2.24) is 10.6 Å². The highest BCUT2D eigenvalue weighted by molar-refractivity contribution is 6.35. The lowest BCUT2D eigenvalue weighted by Gasteiger charge is -2.09. The number of nitrogens with one attached hydrogen (secondary N) is 4. The van der Waals surface area contributed by atoms with Crippen LogP contribution in [-0.2, 0) is 20.9 Å². The van der Waals surface area contributed by atoms with Crippen LogP contribution >= 0.6 is 0 Å². The van der Waals surface area contributed by atoms with Gasteiger partial charge in [0.05, 0.1) is 13.7 Å². The van der Waals surface area contributed by atoms with Gasteiger partial charge < -0.3 is 26.0 Å². The molecule has 0 aliphatic heterocycles. The zero-order valence-electron chi connectivity index (χ0n) is 18.5. The molecule has 4 amide bonds. The van der Waals surface area contributed by atoms with Gasteiger partial charge in [0.25, 0.3) is 5.91 Å². The number of carbonyl (C=O) groups is 4. The Kier molecular flexibility index (Phi) is 8.34. The van der Waals surface area contributed by atoms with E-state index in [1.807, 2.05) is 30.3 Å². The maximum Gasteiger partial charge on any atom is 0.309 e. The first kappa shape index (κ1) is 24.0. The molecule has 0 aromatic heterocycles. The molecule has 0 heterocycles. The second kappa shape index (κ2) is 11.8. The van der Waals surface area contributed by atoms with Crippen LogP contribution in [0.15, 0.2) is 78.9 Å². The third-order valence-corrected chi connectivity index (χ3v) is 4.69. The Bertz CT molecular complexity index is 1150. The van der Waals surface area contributed by atoms with Gasteiger partial charge in [-0.2, -0.15) is 0 Å². The van der Waals surface area contributed by atoms with Crippen LogP contribution in [0.5, 0.6) is 5.75 Å². The quantitative estimate of drug-likeness (QED) is 0.384. The summed E-state index contributed by atoms with van der Waals surface area (Å²) < 4.78 is 5.08. The molecule has 0 bridgehead atoms. The van der Waals surface area contributed by atoms with Crippen LogP contribution in [0.4, 0.5) is 11.4 Å². The van der Waals surface area contributed by atoms with E-state index >= 15 is 0 Å². The number of rotatable bonds is 8. The average molecular weight is 460 g/mol. The summed E-state index contributed by atoms with van der Waals surface area (Å²) in [5.74, 6) is -1.88. The monoisotopic (exact) mass is 460 g/mol. The summed E-state index contributed by atoms with van der Waals surface area (Å²) in [7, 11) is 1.56. The largest absolute Gasteiger partial charge is 0.497 e. The molecule has 3 rings (SSSR count). The van der Waals surface area contributed by atoms with Crippen LogP contribution in [0.3, 0.4) is 0 Å². The van der Waals surface area contributed by atoms with Crippen LogP contribution in [0.1, 0.15) is 15.9 Å². The van der Waals surface area contributed by atoms with Gasteiger partial charge in [0.15, 0.2) is 0 Å². The smallest absolute Gasteiger partial charge is 0.309 e. The lowest BCUT2D eigenvalue weighted by atomic mass is 10.2. The Morgan fingerprint density at radius 1 is 0.706 bits per heavy atom. The fourth-order valence-corrected chi connectivity index (χ4v) is 2.89. The van der Waals surface area contributed by atoms with E-state index in [0.717, 1.165) is 5.56 Å². The average Bonchev–Trinajstić information content (AvgIpc) is 2.87. The molecule has 9 heteroatoms. The van der Waals surface area contributed by atoms with Gasteiger partial charge in [0.1, 0.15) is 5.75 Å². The van der Waals surface area contributed by atoms with Crippen molar-refractivity contribution in [2.75, 3.05) is 24.3 Å². The minimum Gasteiger partial charge on any atom is -0.497 e. The van der Waals surface area contributed by atoms with E-state index in [0.29, 0.717) is 22.7 Å². The van der Waals surface area contributed by atoms with Crippen molar-refractivity contribution in [2.24, 2.45) is 0 Å². The SMILES string of the molecule is COc1ccc(NC(=O)c2ccc(NC(=O)CNC(=O)C(=O)NCc3ccccc3)cc2)cc1. The zero-order valence-corrected chi connectivity index (χ0v) is 18.5. The number of ether oxygens (including phenoxy) is 1. The lowest BCUT2D eigenvalue weighted by molar-refractivity contribution is -0.139. The topological polar surface area (TPSA) is 126 Å². The van der Waals surface area contributed by atoms with Crippen molar-refractivity contribution in [2.45, 2.75) is 6.54 Å². The Hall–Kier alpha value is -4.66. The Balaban J connectivity index is 1.42. The summed E-state index contributed by atoms with van der Waals surface area (Å²) in [6.45, 7) is -0.172. The molecule has 0 fully saturated rings. The van der Waals surface area contributed by atoms with Crippen molar-refractivity contribution in [3.8, 4) is 5.75 Å². The van der Waals surface area contributed by atoms with E-state index in [1.165, 1.54) is 0 Å². The van der Waals surface area contributed by atoms with E-state index in [4.69, 9.17) is 4.74 Å². The van der Waals surface area contributed by atoms with Gasteiger partial charge >= 0.3 is 11.8 Å². The summed E-state index contributed by atoms with van der Waals surface area (Å²) in [5.41, 5.74) is 2.31. The predicted molar refractivity (Wildman–Crippen MR) is 127 cm³/mol. The first-order chi connectivity index (χ1) is 16.4. The molecule has 34 heavy (non-hydrogen) atoms. The summed E-state index contributed by atoms with van der Waals surface area (Å²) in [6, 6.07) is 22.3. The number of benzene rings is 3. The van der Waals surface area contributed by atoms with Crippen LogP contribution in [0.2, 0.25) is 0 Å². The number of hydrogen-bond donors (Lipinski definition) is 4. The highest BCUT2D eigenvalue weighted by Gasteiger charge is 2.14. The normalized spacial score (nSPS) is 10.0. The van der Waals surface area contributed by atoms with E-state index in [2.05, 4.69) is 21.3 Å². The first-order valence-corrected chi connectivity index (χ1v) is 10.4. The molecule has 0 aliphatic rings. The van der Waals surface area contributed by atoms with Crippen molar-refractivity contribution < 1.29 is 23.9 Å². The molecule has 3 aromatic carbocycles. The Morgan fingerprint density at radius 3 is 1.94 bits per heavy atom. The van der Waals surface area contributed by atoms with Crippen LogP contribution in [-0.4, -0.2) is 37.3 Å². The van der Waals surface area contributed by atoms with E-state index in [-0.39, 0.29) is 19.0 Å². The Morgan fingerprint density at radius 2 is 1.29 bits per heavy atom. The van der Waals surface area contributed by atoms with Crippen LogP contribution < -0.4 is 26.0 Å². The van der Waals surface area contributed by atoms with Crippen molar-refractivity contribution in [1.29, 1.82) is 0 Å². The number of anilines is 2. The molecule has 3 aromatic rings. The third-order valence-electron chi connectivity index (χ3n) is 4.69. The fourth-order valence-electron chi connectivity index (χ4n) is 2.89. The maximum atomic E-state index is 12.4. The Labute approximate surface area is 196 Å². The minimum atomic E-state index is -0.906. The zero-order chi connectivity index (χ0) is 24.3. The molecule has 9 nitrogen and oxygen atoms in total. The summed E-state index contributed by atoms with van der Waals surface area (Å²) >= 11 is 0. The number of methoxy groups -OCH3 is 1. The third kappa shape index (κ3) is 7.20. The molecule has 0 spiro atoms. The van der Waals surface area contributed by atoms with E-state index in [1.54, 1.807) is 55.6 Å². The van der Waals surface area contributed by atoms with Gasteiger partial charge in [-0.3, -0.25) is 19.2 Å². The van der Waals surface area contributed by atoms with Gasteiger partial charge in [0.2, 0.25) is 5.91 Å². The van der Waals surface area contributed by atoms with Gasteiger partial charge in [-0.25, -0.2) is 0 Å². The molecule has 174 valence electrons. The minimum absolute atomic E-state index is 0.206. The van der Waals surface area contributed by atoms with Gasteiger partial charge in [-0.15, -0.1) is 0 Å². The molecule has 0 saturated carbocycles. The maximum absolute atomic E-state index is 12.4. The predicted octanol–water partition coefficient (Wildman–Crippen LogP) is 2.32. The highest BCUT2D eigenvalue weighted by Crippen LogP contribution is 2.16. The van der Waals surface area contributed by atoms with Crippen molar-refractivity contribution in [3.05, 3.63) is 90.0 Å². The molecule has 4 N–H and O–H groups in total. The second-order valence-electron chi connectivity index (χ2n) is 7.16. The van der Waals surface area contributed by atoms with Crippen molar-refractivity contribution >= 4 is 35.0 Å². The summed E-state index contributed by atoms with van der Waals surface area (Å²) in [4.78, 5) is 48.2. The van der Waals surface area contributed by atoms with Gasteiger partial charge in [0, 0.05) is 23.5 Å². The number of carbonyl (C=O) groups excluding carboxylic acids is 4. The standard InChI is InChI=1S/C25H24N4O5/c1-34-21-13-11-20(12-14-21)29-23(31)18-7-9-19(10-8-18)28-22(30)16-27-25(33)24(32)26-15-17-5-3-2-4-6-17/h2-14H,15-16H2,1H3,(H,26,32)(H,27,33)(H,28,30)(H,29,31). The first-order valence-electron chi connectivity index (χ1n) is 10.4. The van der Waals surface area contributed by atoms with E-state index < -0.39 is 17.7 Å².